The number of hydrogen-bond acceptors (Lipinski definition) is 4. The largest absolute Gasteiger partial charge is 0.366 e. The molecule has 3 aromatic carbocycles. The summed E-state index contributed by atoms with van der Waals surface area (Å²) in [5, 5.41) is 0.655. The first-order valence-corrected chi connectivity index (χ1v) is 9.74. The Morgan fingerprint density at radius 2 is 1.30 bits per heavy atom. The van der Waals surface area contributed by atoms with Crippen LogP contribution in [0.5, 0.6) is 0 Å². The van der Waals surface area contributed by atoms with Crippen LogP contribution >= 0.6 is 0 Å². The van der Waals surface area contributed by atoms with Crippen LogP contribution in [0.2, 0.25) is 0 Å². The standard InChI is InChI=1S/C25H25NO4/c1-25(2,3)22-16-14-19(15-17-22)18-29-26(23(27)20-10-6-4-7-11-20)30-24(28)21-12-8-5-9-13-21/h4-17H,18H2,1-3H3. The van der Waals surface area contributed by atoms with Crippen molar-refractivity contribution in [1.82, 2.24) is 5.23 Å². The van der Waals surface area contributed by atoms with Gasteiger partial charge in [0, 0.05) is 5.56 Å². The fraction of sp³-hybridized carbons (Fsp3) is 0.200. The maximum atomic E-state index is 12.8. The van der Waals surface area contributed by atoms with Gasteiger partial charge < -0.3 is 4.84 Å². The lowest BCUT2D eigenvalue weighted by molar-refractivity contribution is -0.300. The number of nitrogens with zero attached hydrogens (tertiary/aromatic N) is 1. The van der Waals surface area contributed by atoms with Gasteiger partial charge in [-0.25, -0.2) is 9.63 Å². The van der Waals surface area contributed by atoms with Crippen LogP contribution in [0.1, 0.15) is 52.6 Å². The van der Waals surface area contributed by atoms with Crippen molar-refractivity contribution in [3.05, 3.63) is 107 Å². The highest BCUT2D eigenvalue weighted by atomic mass is 17.0. The van der Waals surface area contributed by atoms with E-state index in [-0.39, 0.29) is 12.0 Å². The number of hydroxylamine groups is 2. The van der Waals surface area contributed by atoms with E-state index in [9.17, 15) is 9.59 Å². The Kier molecular flexibility index (Phi) is 6.65. The zero-order chi connectivity index (χ0) is 21.6. The summed E-state index contributed by atoms with van der Waals surface area (Å²) in [6.45, 7) is 6.50. The van der Waals surface area contributed by atoms with Crippen molar-refractivity contribution in [3.8, 4) is 0 Å². The minimum atomic E-state index is -0.678. The van der Waals surface area contributed by atoms with E-state index in [0.717, 1.165) is 5.56 Å². The lowest BCUT2D eigenvalue weighted by Crippen LogP contribution is -2.33. The van der Waals surface area contributed by atoms with E-state index in [1.807, 2.05) is 24.3 Å². The Hall–Kier alpha value is -3.44. The molecule has 5 nitrogen and oxygen atoms in total. The Bertz CT molecular complexity index is 977. The molecule has 0 spiro atoms. The van der Waals surface area contributed by atoms with Gasteiger partial charge in [-0.2, -0.15) is 0 Å². The maximum absolute atomic E-state index is 12.8. The van der Waals surface area contributed by atoms with Crippen molar-refractivity contribution >= 4 is 11.9 Å². The highest BCUT2D eigenvalue weighted by Gasteiger charge is 2.23. The highest BCUT2D eigenvalue weighted by molar-refractivity contribution is 5.95. The quantitative estimate of drug-likeness (QED) is 0.540. The first-order valence-electron chi connectivity index (χ1n) is 9.74. The van der Waals surface area contributed by atoms with Crippen LogP contribution in [0.4, 0.5) is 0 Å². The Labute approximate surface area is 176 Å². The van der Waals surface area contributed by atoms with Crippen LogP contribution in [-0.4, -0.2) is 17.1 Å². The third-order valence-corrected chi connectivity index (χ3v) is 4.53. The molecule has 0 aliphatic rings. The Balaban J connectivity index is 1.75. The summed E-state index contributed by atoms with van der Waals surface area (Å²) < 4.78 is 0. The summed E-state index contributed by atoms with van der Waals surface area (Å²) in [6, 6.07) is 24.9. The van der Waals surface area contributed by atoms with E-state index in [2.05, 4.69) is 20.8 Å². The maximum Gasteiger partial charge on any atom is 0.366 e. The van der Waals surface area contributed by atoms with Gasteiger partial charge in [-0.1, -0.05) is 81.4 Å². The topological polar surface area (TPSA) is 55.8 Å². The minimum Gasteiger partial charge on any atom is -0.306 e. The lowest BCUT2D eigenvalue weighted by Gasteiger charge is -2.21. The van der Waals surface area contributed by atoms with Gasteiger partial charge in [-0.15, -0.1) is 0 Å². The van der Waals surface area contributed by atoms with Crippen molar-refractivity contribution in [1.29, 1.82) is 0 Å². The summed E-state index contributed by atoms with van der Waals surface area (Å²) in [5.41, 5.74) is 2.76. The van der Waals surface area contributed by atoms with Crippen molar-refractivity contribution in [2.45, 2.75) is 32.8 Å². The molecule has 154 valence electrons. The molecule has 0 unspecified atom stereocenters. The van der Waals surface area contributed by atoms with Gasteiger partial charge in [-0.05, 0) is 46.0 Å². The number of rotatable bonds is 5. The predicted molar refractivity (Wildman–Crippen MR) is 114 cm³/mol. The fourth-order valence-corrected chi connectivity index (χ4v) is 2.75. The molecule has 0 bridgehead atoms. The lowest BCUT2D eigenvalue weighted by atomic mass is 9.87. The number of hydrogen-bond donors (Lipinski definition) is 0. The monoisotopic (exact) mass is 403 g/mol. The van der Waals surface area contributed by atoms with E-state index in [4.69, 9.17) is 9.68 Å². The minimum absolute atomic E-state index is 0.0416. The molecular formula is C25H25NO4. The third-order valence-electron chi connectivity index (χ3n) is 4.53. The van der Waals surface area contributed by atoms with Crippen LogP contribution in [0, 0.1) is 0 Å². The molecular weight excluding hydrogens is 378 g/mol. The summed E-state index contributed by atoms with van der Waals surface area (Å²) in [4.78, 5) is 36.2. The highest BCUT2D eigenvalue weighted by Crippen LogP contribution is 2.22. The van der Waals surface area contributed by atoms with Gasteiger partial charge in [0.15, 0.2) is 0 Å². The fourth-order valence-electron chi connectivity index (χ4n) is 2.75. The Morgan fingerprint density at radius 3 is 1.83 bits per heavy atom. The molecule has 0 fully saturated rings. The van der Waals surface area contributed by atoms with E-state index in [1.54, 1.807) is 60.7 Å². The molecule has 0 aliphatic heterocycles. The molecule has 3 rings (SSSR count). The first-order chi connectivity index (χ1) is 14.3. The number of benzene rings is 3. The molecule has 1 amide bonds. The van der Waals surface area contributed by atoms with Crippen molar-refractivity contribution < 1.29 is 19.3 Å². The van der Waals surface area contributed by atoms with E-state index >= 15 is 0 Å². The molecule has 5 heteroatoms. The normalized spacial score (nSPS) is 11.0. The number of carbonyl (C=O) groups is 2. The van der Waals surface area contributed by atoms with Crippen LogP contribution in [0.25, 0.3) is 0 Å². The summed E-state index contributed by atoms with van der Waals surface area (Å²) >= 11 is 0. The van der Waals surface area contributed by atoms with Gasteiger partial charge >= 0.3 is 11.9 Å². The summed E-state index contributed by atoms with van der Waals surface area (Å²) in [5.74, 6) is -1.24. The SMILES string of the molecule is CC(C)(C)c1ccc(CON(OC(=O)c2ccccc2)C(=O)c2ccccc2)cc1. The average molecular weight is 403 g/mol. The van der Waals surface area contributed by atoms with Gasteiger partial charge in [0.2, 0.25) is 0 Å². The van der Waals surface area contributed by atoms with E-state index < -0.39 is 11.9 Å². The molecule has 0 aliphatic carbocycles. The van der Waals surface area contributed by atoms with Gasteiger partial charge in [-0.3, -0.25) is 4.79 Å². The molecule has 0 atom stereocenters. The second kappa shape index (κ2) is 9.37. The Morgan fingerprint density at radius 1 is 0.767 bits per heavy atom. The third kappa shape index (κ3) is 5.55. The smallest absolute Gasteiger partial charge is 0.306 e. The van der Waals surface area contributed by atoms with Crippen LogP contribution in [0.3, 0.4) is 0 Å². The zero-order valence-corrected chi connectivity index (χ0v) is 17.4. The molecule has 0 saturated heterocycles. The van der Waals surface area contributed by atoms with Crippen LogP contribution in [0.15, 0.2) is 84.9 Å². The molecule has 0 saturated carbocycles. The molecule has 0 heterocycles. The van der Waals surface area contributed by atoms with Gasteiger partial charge in [0.1, 0.15) is 6.61 Å². The second-order valence-corrected chi connectivity index (χ2v) is 7.89. The molecule has 0 radical (unpaired) electrons. The predicted octanol–water partition coefficient (Wildman–Crippen LogP) is 5.33. The van der Waals surface area contributed by atoms with Crippen molar-refractivity contribution in [2.24, 2.45) is 0 Å². The van der Waals surface area contributed by atoms with Crippen LogP contribution in [-0.2, 0) is 21.7 Å². The van der Waals surface area contributed by atoms with Crippen molar-refractivity contribution in [2.75, 3.05) is 0 Å². The number of carbonyl (C=O) groups excluding carboxylic acids is 2. The second-order valence-electron chi connectivity index (χ2n) is 7.89. The summed E-state index contributed by atoms with van der Waals surface area (Å²) in [7, 11) is 0. The molecule has 0 N–H and O–H groups in total. The molecule has 0 aromatic heterocycles. The van der Waals surface area contributed by atoms with Gasteiger partial charge in [0.25, 0.3) is 0 Å². The zero-order valence-electron chi connectivity index (χ0n) is 17.4. The first kappa shape index (κ1) is 21.3. The van der Waals surface area contributed by atoms with Crippen molar-refractivity contribution in [3.63, 3.8) is 0 Å². The van der Waals surface area contributed by atoms with E-state index in [1.165, 1.54) is 5.56 Å². The average Bonchev–Trinajstić information content (AvgIpc) is 2.77. The van der Waals surface area contributed by atoms with Crippen LogP contribution < -0.4 is 0 Å². The van der Waals surface area contributed by atoms with Gasteiger partial charge in [0.05, 0.1) is 5.56 Å². The number of amides is 1. The molecule has 3 aromatic rings. The van der Waals surface area contributed by atoms with E-state index in [0.29, 0.717) is 16.4 Å². The summed E-state index contributed by atoms with van der Waals surface area (Å²) in [6.07, 6.45) is 0. The molecule has 30 heavy (non-hydrogen) atoms.